The molecule has 34 heteroatoms. The summed E-state index contributed by atoms with van der Waals surface area (Å²) in [5, 5.41) is 4.04. The van der Waals surface area contributed by atoms with E-state index < -0.39 is 106 Å². The molecule has 11 heterocycles. The van der Waals surface area contributed by atoms with Crippen LogP contribution in [0.3, 0.4) is 0 Å². The van der Waals surface area contributed by atoms with Gasteiger partial charge in [0.2, 0.25) is 0 Å². The number of nitrogens with zero attached hydrogens (tertiary/aromatic N) is 10. The van der Waals surface area contributed by atoms with Gasteiger partial charge >= 0.3 is 36.5 Å². The van der Waals surface area contributed by atoms with Crippen LogP contribution in [-0.2, 0) is 113 Å². The van der Waals surface area contributed by atoms with E-state index in [-0.39, 0.29) is 64.2 Å². The molecule has 26 nitrogen and oxygen atoms in total. The first-order valence-electron chi connectivity index (χ1n) is 35.0. The second kappa shape index (κ2) is 34.5. The average molecular weight is 1560 g/mol. The highest BCUT2D eigenvalue weighted by Crippen LogP contribution is 2.38. The zero-order chi connectivity index (χ0) is 78.7. The molecule has 0 bridgehead atoms. The van der Waals surface area contributed by atoms with Gasteiger partial charge in [0.25, 0.3) is 35.4 Å². The van der Waals surface area contributed by atoms with Crippen LogP contribution in [0.4, 0.5) is 35.9 Å². The summed E-state index contributed by atoms with van der Waals surface area (Å²) in [5.41, 5.74) is 4.04. The third-order valence-corrected chi connectivity index (χ3v) is 19.4. The number of rotatable bonds is 17. The van der Waals surface area contributed by atoms with Crippen molar-refractivity contribution in [2.24, 2.45) is 10.8 Å². The molecule has 0 radical (unpaired) electrons. The number of hydrogen-bond donors (Lipinski definition) is 1. The molecule has 3 aliphatic heterocycles. The van der Waals surface area contributed by atoms with E-state index in [0.717, 1.165) is 62.4 Å². The lowest BCUT2D eigenvalue weighted by atomic mass is 9.79. The Hall–Kier alpha value is -11.3. The van der Waals surface area contributed by atoms with E-state index in [2.05, 4.69) is 39.7 Å². The van der Waals surface area contributed by atoms with E-state index in [9.17, 15) is 74.3 Å². The number of alkyl halides is 6. The number of ether oxygens (including phenoxy) is 2. The van der Waals surface area contributed by atoms with Gasteiger partial charge in [-0.15, -0.1) is 10.1 Å². The summed E-state index contributed by atoms with van der Waals surface area (Å²) in [6, 6.07) is 16.1. The van der Waals surface area contributed by atoms with Gasteiger partial charge in [0.1, 0.15) is 34.9 Å². The molecular weight excluding hydrogens is 1490 g/mol. The molecule has 5 aliphatic rings. The first kappa shape index (κ1) is 79.8. The van der Waals surface area contributed by atoms with Gasteiger partial charge in [-0.3, -0.25) is 53.5 Å². The predicted molar refractivity (Wildman–Crippen MR) is 377 cm³/mol. The molecule has 110 heavy (non-hydrogen) atoms. The Labute approximate surface area is 633 Å². The summed E-state index contributed by atoms with van der Waals surface area (Å²) in [4.78, 5) is 164. The Balaban J connectivity index is 0.000000174. The normalized spacial score (nSPS) is 20.2. The minimum atomic E-state index is -4.49. The SMILES string of the molecule is C[C@@]1(C(=O)ON2C(=O)CCC2=O)CC/C=C/C(OC(=O)ON2C(=O)CCC2=O)CC1.C[C@@]1(C(=O)ON2C(=O)CCC2=O)CC/C=C/C(OC(=O)n2cc(Cc3ccc(CCc4ccc(C(F)(F)F)nc4)nc3)c3cc(Cl)cnc32)CC1.FC(F)(F)c1ccc(CCc2ccc(Cc3c[nH]c4ncc(Cl)cc34)cn2)cn1. The summed E-state index contributed by atoms with van der Waals surface area (Å²) in [6.07, 6.45) is 13.4. The molecule has 6 amide bonds. The van der Waals surface area contributed by atoms with Crippen molar-refractivity contribution < 1.29 is 98.3 Å². The summed E-state index contributed by atoms with van der Waals surface area (Å²) in [6.45, 7) is 3.35. The molecular formula is C76H71Cl2F6N11O15. The molecule has 576 valence electrons. The van der Waals surface area contributed by atoms with Crippen LogP contribution < -0.4 is 0 Å². The highest BCUT2D eigenvalue weighted by Gasteiger charge is 2.44. The van der Waals surface area contributed by atoms with E-state index in [0.29, 0.717) is 106 Å². The standard InChI is InChI=1S/C36H33ClF3N5O6.C21H16ClF3N4.C19H22N2O9/c1-35(33(48)51-45-30(46)11-12-31(45)47)14-3-2-4-27(13-15-35)50-34(49)44-21-24(28-17-25(37)20-43-32(28)44)16-23-6-9-26(41-19-23)8-5-22-7-10-29(42-18-22)36(38,39)40;22-16-8-18-15(11-28-20(18)29-12-16)7-14-2-5-17(26-10-14)4-1-13-3-6-19(27-9-13)21(23,24)25;1-19(17(26)29-20-13(22)5-6-14(20)23)10-3-2-4-12(9-11-19)28-18(27)30-21-15(24)7-8-16(21)25/h2,4,6-7,9-10,17-21,27H,3,5,8,11-16H2,1H3;2-3,5-6,8-12H,1,4,7H2,(H,28,29);2,4,12H,3,5-11H2,1H3/b4-2+;;4-2+/t27?,35-;;12?,19-/m1.1/s1. The van der Waals surface area contributed by atoms with Crippen LogP contribution in [0.15, 0.2) is 135 Å². The summed E-state index contributed by atoms with van der Waals surface area (Å²) in [7, 11) is 0. The molecule has 13 rings (SSSR count). The number of pyridine rings is 6. The van der Waals surface area contributed by atoms with Gasteiger partial charge in [-0.1, -0.05) is 64.7 Å². The fraction of sp³-hybridized carbons (Fsp3) is 0.368. The Morgan fingerprint density at radius 1 is 0.500 bits per heavy atom. The predicted octanol–water partition coefficient (Wildman–Crippen LogP) is 13.7. The van der Waals surface area contributed by atoms with E-state index in [1.165, 1.54) is 35.3 Å². The third-order valence-electron chi connectivity index (χ3n) is 19.0. The fourth-order valence-electron chi connectivity index (χ4n) is 12.5. The lowest BCUT2D eigenvalue weighted by Crippen LogP contribution is -2.40. The monoisotopic (exact) mass is 1560 g/mol. The second-order valence-electron chi connectivity index (χ2n) is 27.2. The van der Waals surface area contributed by atoms with Crippen molar-refractivity contribution in [3.63, 3.8) is 0 Å². The number of carbonyl (C=O) groups excluding carboxylic acids is 10. The van der Waals surface area contributed by atoms with Gasteiger partial charge in [-0.25, -0.2) is 33.7 Å². The first-order valence-corrected chi connectivity index (χ1v) is 35.8. The minimum absolute atomic E-state index is 0.000993. The molecule has 0 spiro atoms. The summed E-state index contributed by atoms with van der Waals surface area (Å²) in [5.74, 6) is -4.86. The smallest absolute Gasteiger partial charge is 0.441 e. The van der Waals surface area contributed by atoms with Gasteiger partial charge in [-0.05, 0) is 173 Å². The van der Waals surface area contributed by atoms with Crippen LogP contribution >= 0.6 is 23.2 Å². The molecule has 4 atom stereocenters. The van der Waals surface area contributed by atoms with Crippen LogP contribution in [0.25, 0.3) is 22.1 Å². The lowest BCUT2D eigenvalue weighted by molar-refractivity contribution is -0.205. The number of nitrogens with one attached hydrogen (secondary N) is 1. The van der Waals surface area contributed by atoms with Gasteiger partial charge in [0.15, 0.2) is 0 Å². The van der Waals surface area contributed by atoms with Crippen molar-refractivity contribution in [2.75, 3.05) is 0 Å². The molecule has 3 saturated heterocycles. The van der Waals surface area contributed by atoms with Crippen LogP contribution in [0, 0.1) is 10.8 Å². The number of fused-ring (bicyclic) bond motifs is 2. The van der Waals surface area contributed by atoms with E-state index in [4.69, 9.17) is 42.4 Å². The molecule has 1 N–H and O–H groups in total. The maximum atomic E-state index is 13.6. The lowest BCUT2D eigenvalue weighted by Gasteiger charge is -2.30. The molecule has 2 aliphatic carbocycles. The van der Waals surface area contributed by atoms with Gasteiger partial charge in [0, 0.05) is 123 Å². The van der Waals surface area contributed by atoms with Crippen molar-refractivity contribution >= 4 is 105 Å². The van der Waals surface area contributed by atoms with Gasteiger partial charge in [0.05, 0.1) is 20.9 Å². The average Bonchev–Trinajstić information content (AvgIpc) is 1.62. The van der Waals surface area contributed by atoms with E-state index in [1.807, 2.05) is 48.8 Å². The molecule has 3 fully saturated rings. The topological polar surface area (TPSA) is 325 Å². The van der Waals surface area contributed by atoms with E-state index >= 15 is 0 Å². The molecule has 2 unspecified atom stereocenters. The van der Waals surface area contributed by atoms with Gasteiger partial charge in [-0.2, -0.15) is 26.3 Å². The molecule has 0 aromatic carbocycles. The number of halogens is 8. The zero-order valence-corrected chi connectivity index (χ0v) is 60.6. The van der Waals surface area contributed by atoms with Crippen molar-refractivity contribution in [3.05, 3.63) is 201 Å². The number of allylic oxidation sites excluding steroid dienone is 2. The quantitative estimate of drug-likeness (QED) is 0.0383. The molecule has 8 aromatic rings. The number of aromatic amines is 1. The van der Waals surface area contributed by atoms with Crippen molar-refractivity contribution in [2.45, 2.75) is 167 Å². The number of aromatic nitrogens is 8. The maximum absolute atomic E-state index is 13.6. The van der Waals surface area contributed by atoms with Crippen molar-refractivity contribution in [1.29, 1.82) is 0 Å². The summed E-state index contributed by atoms with van der Waals surface area (Å²) < 4.78 is 88.5. The van der Waals surface area contributed by atoms with Crippen molar-refractivity contribution in [3.8, 4) is 0 Å². The highest BCUT2D eigenvalue weighted by atomic mass is 35.5. The maximum Gasteiger partial charge on any atom is 0.534 e. The van der Waals surface area contributed by atoms with E-state index in [1.54, 1.807) is 56.7 Å². The number of carbonyl (C=O) groups is 10. The first-order chi connectivity index (χ1) is 52.4. The largest absolute Gasteiger partial charge is 0.534 e. The van der Waals surface area contributed by atoms with Crippen LogP contribution in [0.1, 0.15) is 160 Å². The molecule has 0 saturated carbocycles. The number of aryl methyl sites for hydroxylation is 4. The fourth-order valence-corrected chi connectivity index (χ4v) is 12.8. The Morgan fingerprint density at radius 2 is 0.927 bits per heavy atom. The van der Waals surface area contributed by atoms with Crippen LogP contribution in [0.5, 0.6) is 0 Å². The second-order valence-corrected chi connectivity index (χ2v) is 28.1. The third kappa shape index (κ3) is 20.3. The number of hydroxylamine groups is 6. The summed E-state index contributed by atoms with van der Waals surface area (Å²) >= 11 is 12.3. The minimum Gasteiger partial charge on any atom is -0.441 e. The number of hydrogen-bond acceptors (Lipinski definition) is 21. The van der Waals surface area contributed by atoms with Gasteiger partial charge < -0.3 is 24.1 Å². The number of amides is 6. The Kier molecular flexibility index (Phi) is 25.0. The number of imide groups is 3. The van der Waals surface area contributed by atoms with Crippen LogP contribution in [-0.4, -0.2) is 126 Å². The molecule has 8 aromatic heterocycles. The Morgan fingerprint density at radius 3 is 1.37 bits per heavy atom. The highest BCUT2D eigenvalue weighted by molar-refractivity contribution is 6.31. The van der Waals surface area contributed by atoms with Crippen LogP contribution in [0.2, 0.25) is 10.0 Å². The zero-order valence-electron chi connectivity index (χ0n) is 59.1. The Bertz CT molecular complexity index is 4820. The number of H-pyrrole nitrogens is 1. The van der Waals surface area contributed by atoms with Crippen molar-refractivity contribution in [1.82, 2.24) is 54.6 Å².